The molecule has 0 unspecified atom stereocenters. The minimum atomic E-state index is -1.76. The van der Waals surface area contributed by atoms with E-state index >= 15 is 0 Å². The van der Waals surface area contributed by atoms with Gasteiger partial charge in [-0.25, -0.2) is 0 Å². The second kappa shape index (κ2) is 6.74. The number of carbonyl (C=O) groups is 1. The zero-order valence-corrected chi connectivity index (χ0v) is 18.2. The quantitative estimate of drug-likeness (QED) is 0.445. The average Bonchev–Trinajstić information content (AvgIpc) is 3.22. The Kier molecular flexibility index (Phi) is 4.63. The fourth-order valence-corrected chi connectivity index (χ4v) is 6.52. The largest absolute Gasteiger partial charge is 0.375 e. The SMILES string of the molecule is O=C1c2c(Cl)c(Cl)c(Cl)c(Cl)c2[C@@]2(O)N1CCO[C@@H]1CCC[C@@]12c1ccccc1. The van der Waals surface area contributed by atoms with Gasteiger partial charge >= 0.3 is 0 Å². The van der Waals surface area contributed by atoms with Crippen LogP contribution >= 0.6 is 46.4 Å². The lowest BCUT2D eigenvalue weighted by atomic mass is 9.66. The molecule has 2 heterocycles. The number of benzene rings is 2. The van der Waals surface area contributed by atoms with Gasteiger partial charge in [0.2, 0.25) is 0 Å². The number of aliphatic hydroxyl groups is 1. The molecular weight excluding hydrogens is 456 g/mol. The molecule has 5 rings (SSSR count). The van der Waals surface area contributed by atoms with Crippen LogP contribution < -0.4 is 0 Å². The third-order valence-electron chi connectivity index (χ3n) is 6.60. The molecule has 1 aliphatic carbocycles. The predicted octanol–water partition coefficient (Wildman–Crippen LogP) is 5.42. The Hall–Kier alpha value is -1.01. The summed E-state index contributed by atoms with van der Waals surface area (Å²) in [5.74, 6) is -0.417. The molecule has 0 bridgehead atoms. The standard InChI is InChI=1S/C21H17Cl4NO3/c22-15-13-14(16(23)18(25)17(15)24)21(28)20(11-5-2-1-3-6-11)8-4-7-12(20)29-10-9-26(21)19(13)27/h1-3,5-6,12,28H,4,7-10H2/t12-,20-,21+/m1/s1. The van der Waals surface area contributed by atoms with Crippen LogP contribution in [-0.2, 0) is 15.9 Å². The molecule has 1 saturated heterocycles. The minimum Gasteiger partial charge on any atom is -0.375 e. The molecule has 2 aromatic carbocycles. The maximum Gasteiger partial charge on any atom is 0.258 e. The summed E-state index contributed by atoms with van der Waals surface area (Å²) in [6, 6.07) is 9.66. The maximum atomic E-state index is 13.5. The summed E-state index contributed by atoms with van der Waals surface area (Å²) >= 11 is 25.7. The van der Waals surface area contributed by atoms with Crippen molar-refractivity contribution in [3.05, 3.63) is 67.1 Å². The van der Waals surface area contributed by atoms with Crippen molar-refractivity contribution in [2.24, 2.45) is 0 Å². The van der Waals surface area contributed by atoms with Crippen LogP contribution in [0.5, 0.6) is 0 Å². The lowest BCUT2D eigenvalue weighted by Gasteiger charge is -2.49. The summed E-state index contributed by atoms with van der Waals surface area (Å²) in [5, 5.41) is 12.6. The van der Waals surface area contributed by atoms with Crippen LogP contribution in [0.1, 0.15) is 40.7 Å². The highest BCUT2D eigenvalue weighted by Gasteiger charge is 2.69. The zero-order valence-electron chi connectivity index (χ0n) is 15.2. The highest BCUT2D eigenvalue weighted by molar-refractivity contribution is 6.53. The van der Waals surface area contributed by atoms with Crippen LogP contribution in [0.25, 0.3) is 0 Å². The normalized spacial score (nSPS) is 30.7. The van der Waals surface area contributed by atoms with Gasteiger partial charge < -0.3 is 14.7 Å². The number of fused-ring (bicyclic) bond motifs is 5. The fourth-order valence-electron chi connectivity index (χ4n) is 5.46. The number of rotatable bonds is 1. The molecule has 0 aromatic heterocycles. The number of hydrogen-bond donors (Lipinski definition) is 1. The van der Waals surface area contributed by atoms with E-state index in [2.05, 4.69) is 0 Å². The van der Waals surface area contributed by atoms with E-state index in [0.29, 0.717) is 13.0 Å². The van der Waals surface area contributed by atoms with Crippen molar-refractivity contribution in [2.75, 3.05) is 13.2 Å². The second-order valence-electron chi connectivity index (χ2n) is 7.72. The van der Waals surface area contributed by atoms with E-state index in [0.717, 1.165) is 18.4 Å². The molecule has 152 valence electrons. The number of halogens is 4. The van der Waals surface area contributed by atoms with Crippen molar-refractivity contribution < 1.29 is 14.6 Å². The molecule has 0 spiro atoms. The van der Waals surface area contributed by atoms with Gasteiger partial charge in [-0.05, 0) is 24.8 Å². The van der Waals surface area contributed by atoms with E-state index in [-0.39, 0.29) is 43.9 Å². The van der Waals surface area contributed by atoms with Crippen molar-refractivity contribution in [1.29, 1.82) is 0 Å². The Morgan fingerprint density at radius 1 is 1.03 bits per heavy atom. The predicted molar refractivity (Wildman–Crippen MR) is 113 cm³/mol. The van der Waals surface area contributed by atoms with Crippen molar-refractivity contribution in [2.45, 2.75) is 36.5 Å². The van der Waals surface area contributed by atoms with Crippen LogP contribution in [0.2, 0.25) is 20.1 Å². The lowest BCUT2D eigenvalue weighted by molar-refractivity contribution is -0.152. The lowest BCUT2D eigenvalue weighted by Crippen LogP contribution is -2.60. The number of hydrogen-bond acceptors (Lipinski definition) is 3. The molecule has 4 nitrogen and oxygen atoms in total. The van der Waals surface area contributed by atoms with Crippen molar-refractivity contribution in [3.8, 4) is 0 Å². The summed E-state index contributed by atoms with van der Waals surface area (Å²) in [6.07, 6.45) is 1.94. The van der Waals surface area contributed by atoms with E-state index in [1.807, 2.05) is 30.3 Å². The van der Waals surface area contributed by atoms with Gasteiger partial charge in [0.1, 0.15) is 0 Å². The van der Waals surface area contributed by atoms with E-state index < -0.39 is 17.0 Å². The number of nitrogens with zero attached hydrogens (tertiary/aromatic N) is 1. The Bertz CT molecular complexity index is 1030. The first-order valence-corrected chi connectivity index (χ1v) is 10.9. The van der Waals surface area contributed by atoms with Gasteiger partial charge in [0.15, 0.2) is 5.72 Å². The zero-order chi connectivity index (χ0) is 20.6. The van der Waals surface area contributed by atoms with Gasteiger partial charge in [0, 0.05) is 12.1 Å². The molecule has 1 N–H and O–H groups in total. The molecule has 2 aliphatic heterocycles. The van der Waals surface area contributed by atoms with Crippen LogP contribution in [0.4, 0.5) is 0 Å². The number of ether oxygens (including phenoxy) is 1. The van der Waals surface area contributed by atoms with Crippen LogP contribution in [0, 0.1) is 0 Å². The van der Waals surface area contributed by atoms with Gasteiger partial charge in [-0.2, -0.15) is 0 Å². The maximum absolute atomic E-state index is 13.5. The fraction of sp³-hybridized carbons (Fsp3) is 0.381. The molecule has 3 atom stereocenters. The second-order valence-corrected chi connectivity index (χ2v) is 9.24. The number of amides is 1. The molecule has 2 aromatic rings. The number of carbonyl (C=O) groups excluding carboxylic acids is 1. The Labute approximate surface area is 188 Å². The summed E-state index contributed by atoms with van der Waals surface area (Å²) in [5.41, 5.74) is -1.43. The van der Waals surface area contributed by atoms with Crippen LogP contribution in [0.3, 0.4) is 0 Å². The first-order chi connectivity index (χ1) is 13.9. The molecular formula is C21H17Cl4NO3. The van der Waals surface area contributed by atoms with E-state index in [1.165, 1.54) is 4.90 Å². The third kappa shape index (κ3) is 2.33. The molecule has 1 saturated carbocycles. The summed E-state index contributed by atoms with van der Waals surface area (Å²) in [4.78, 5) is 14.9. The average molecular weight is 473 g/mol. The van der Waals surface area contributed by atoms with Gasteiger partial charge in [-0.3, -0.25) is 4.79 Å². The smallest absolute Gasteiger partial charge is 0.258 e. The minimum absolute atomic E-state index is 0.0136. The van der Waals surface area contributed by atoms with Gasteiger partial charge in [0.25, 0.3) is 5.91 Å². The van der Waals surface area contributed by atoms with E-state index in [1.54, 1.807) is 0 Å². The molecule has 29 heavy (non-hydrogen) atoms. The topological polar surface area (TPSA) is 49.8 Å². The summed E-state index contributed by atoms with van der Waals surface area (Å²) in [7, 11) is 0. The molecule has 8 heteroatoms. The van der Waals surface area contributed by atoms with Crippen LogP contribution in [-0.4, -0.2) is 35.2 Å². The summed E-state index contributed by atoms with van der Waals surface area (Å²) in [6.45, 7) is 0.509. The molecule has 2 fully saturated rings. The highest BCUT2D eigenvalue weighted by atomic mass is 35.5. The third-order valence-corrected chi connectivity index (χ3v) is 8.40. The van der Waals surface area contributed by atoms with Gasteiger partial charge in [-0.1, -0.05) is 76.7 Å². The van der Waals surface area contributed by atoms with E-state index in [4.69, 9.17) is 51.1 Å². The Morgan fingerprint density at radius 2 is 1.72 bits per heavy atom. The van der Waals surface area contributed by atoms with Gasteiger partial charge in [-0.15, -0.1) is 0 Å². The monoisotopic (exact) mass is 471 g/mol. The first kappa shape index (κ1) is 19.9. The van der Waals surface area contributed by atoms with Crippen molar-refractivity contribution >= 4 is 52.3 Å². The molecule has 3 aliphatic rings. The highest BCUT2D eigenvalue weighted by Crippen LogP contribution is 2.62. The van der Waals surface area contributed by atoms with Crippen LogP contribution in [0.15, 0.2) is 30.3 Å². The molecule has 0 radical (unpaired) electrons. The van der Waals surface area contributed by atoms with Gasteiger partial charge in [0.05, 0.1) is 43.8 Å². The van der Waals surface area contributed by atoms with Crippen molar-refractivity contribution in [3.63, 3.8) is 0 Å². The Morgan fingerprint density at radius 3 is 2.45 bits per heavy atom. The first-order valence-electron chi connectivity index (χ1n) is 9.43. The summed E-state index contributed by atoms with van der Waals surface area (Å²) < 4.78 is 6.18. The van der Waals surface area contributed by atoms with E-state index in [9.17, 15) is 9.90 Å². The Balaban J connectivity index is 1.91. The van der Waals surface area contributed by atoms with Crippen molar-refractivity contribution in [1.82, 2.24) is 4.90 Å². The molecule has 1 amide bonds.